The highest BCUT2D eigenvalue weighted by Crippen LogP contribution is 2.18. The fourth-order valence-corrected chi connectivity index (χ4v) is 2.53. The molecule has 3 nitrogen and oxygen atoms in total. The maximum atomic E-state index is 11.9. The van der Waals surface area contributed by atoms with E-state index >= 15 is 0 Å². The van der Waals surface area contributed by atoms with Crippen molar-refractivity contribution in [2.75, 3.05) is 13.1 Å². The van der Waals surface area contributed by atoms with Crippen molar-refractivity contribution in [2.24, 2.45) is 0 Å². The van der Waals surface area contributed by atoms with Gasteiger partial charge in [0.05, 0.1) is 14.5 Å². The van der Waals surface area contributed by atoms with Gasteiger partial charge in [-0.1, -0.05) is 6.92 Å². The summed E-state index contributed by atoms with van der Waals surface area (Å²) in [5.74, 6) is -0.0439. The lowest BCUT2D eigenvalue weighted by Gasteiger charge is -2.17. The third kappa shape index (κ3) is 3.47. The standard InChI is InChI=1S/C10H11IN2OS/c1-2-4-13(5-3-12)10(14)8-6-9(11)15-7-8/h6-7H,2,4-5H2,1H3. The molecule has 0 saturated heterocycles. The number of amides is 1. The molecular formula is C10H11IN2OS. The Balaban J connectivity index is 2.76. The summed E-state index contributed by atoms with van der Waals surface area (Å²) in [5.41, 5.74) is 0.688. The van der Waals surface area contributed by atoms with Crippen molar-refractivity contribution in [3.05, 3.63) is 19.9 Å². The van der Waals surface area contributed by atoms with Gasteiger partial charge in [-0.15, -0.1) is 11.3 Å². The van der Waals surface area contributed by atoms with Crippen molar-refractivity contribution in [1.82, 2.24) is 4.90 Å². The van der Waals surface area contributed by atoms with E-state index in [1.165, 1.54) is 0 Å². The molecule has 0 saturated carbocycles. The van der Waals surface area contributed by atoms with E-state index in [0.717, 1.165) is 9.30 Å². The molecular weight excluding hydrogens is 323 g/mol. The van der Waals surface area contributed by atoms with E-state index in [9.17, 15) is 4.79 Å². The quantitative estimate of drug-likeness (QED) is 0.628. The summed E-state index contributed by atoms with van der Waals surface area (Å²) in [6.07, 6.45) is 0.870. The summed E-state index contributed by atoms with van der Waals surface area (Å²) >= 11 is 3.73. The lowest BCUT2D eigenvalue weighted by atomic mass is 10.3. The van der Waals surface area contributed by atoms with Gasteiger partial charge in [0.2, 0.25) is 0 Å². The first-order chi connectivity index (χ1) is 7.19. The highest BCUT2D eigenvalue weighted by molar-refractivity contribution is 14.1. The van der Waals surface area contributed by atoms with Gasteiger partial charge in [0.1, 0.15) is 6.54 Å². The lowest BCUT2D eigenvalue weighted by Crippen LogP contribution is -2.31. The lowest BCUT2D eigenvalue weighted by molar-refractivity contribution is 0.0776. The molecule has 0 aromatic carbocycles. The highest BCUT2D eigenvalue weighted by atomic mass is 127. The Morgan fingerprint density at radius 2 is 2.47 bits per heavy atom. The predicted molar refractivity (Wildman–Crippen MR) is 68.8 cm³/mol. The summed E-state index contributed by atoms with van der Waals surface area (Å²) in [5, 5.41) is 10.5. The van der Waals surface area contributed by atoms with Crippen LogP contribution in [0, 0.1) is 14.2 Å². The highest BCUT2D eigenvalue weighted by Gasteiger charge is 2.15. The number of nitrogens with zero attached hydrogens (tertiary/aromatic N) is 2. The second-order valence-electron chi connectivity index (χ2n) is 3.02. The maximum absolute atomic E-state index is 11.9. The zero-order valence-electron chi connectivity index (χ0n) is 8.36. The van der Waals surface area contributed by atoms with E-state index in [-0.39, 0.29) is 12.5 Å². The van der Waals surface area contributed by atoms with E-state index in [1.807, 2.05) is 24.4 Å². The first-order valence-corrected chi connectivity index (χ1v) is 6.55. The molecule has 1 aromatic heterocycles. The largest absolute Gasteiger partial charge is 0.325 e. The van der Waals surface area contributed by atoms with Gasteiger partial charge < -0.3 is 4.90 Å². The number of nitriles is 1. The molecule has 0 N–H and O–H groups in total. The molecule has 0 spiro atoms. The van der Waals surface area contributed by atoms with Crippen LogP contribution in [0.2, 0.25) is 0 Å². The zero-order valence-corrected chi connectivity index (χ0v) is 11.3. The van der Waals surface area contributed by atoms with Crippen molar-refractivity contribution < 1.29 is 4.79 Å². The van der Waals surface area contributed by atoms with Gasteiger partial charge in [-0.25, -0.2) is 0 Å². The molecule has 1 amide bonds. The van der Waals surface area contributed by atoms with Crippen LogP contribution >= 0.6 is 33.9 Å². The Bertz CT molecular complexity index is 383. The van der Waals surface area contributed by atoms with Gasteiger partial charge >= 0.3 is 0 Å². The molecule has 0 bridgehead atoms. The number of hydrogen-bond donors (Lipinski definition) is 0. The Morgan fingerprint density at radius 1 is 1.73 bits per heavy atom. The van der Waals surface area contributed by atoms with Crippen LogP contribution in [0.3, 0.4) is 0 Å². The van der Waals surface area contributed by atoms with E-state index in [1.54, 1.807) is 16.2 Å². The van der Waals surface area contributed by atoms with Crippen LogP contribution in [-0.4, -0.2) is 23.9 Å². The average Bonchev–Trinajstić information content (AvgIpc) is 2.63. The van der Waals surface area contributed by atoms with Gasteiger partial charge in [-0.2, -0.15) is 5.26 Å². The van der Waals surface area contributed by atoms with Gasteiger partial charge in [0, 0.05) is 11.9 Å². The minimum absolute atomic E-state index is 0.0439. The van der Waals surface area contributed by atoms with Crippen molar-refractivity contribution in [3.63, 3.8) is 0 Å². The summed E-state index contributed by atoms with van der Waals surface area (Å²) in [6.45, 7) is 2.80. The van der Waals surface area contributed by atoms with E-state index in [2.05, 4.69) is 22.6 Å². The van der Waals surface area contributed by atoms with Crippen LogP contribution in [0.25, 0.3) is 0 Å². The summed E-state index contributed by atoms with van der Waals surface area (Å²) < 4.78 is 1.09. The Morgan fingerprint density at radius 3 is 2.93 bits per heavy atom. The molecule has 5 heteroatoms. The van der Waals surface area contributed by atoms with Crippen LogP contribution in [0.1, 0.15) is 23.7 Å². The molecule has 0 fully saturated rings. The van der Waals surface area contributed by atoms with Crippen LogP contribution in [0.5, 0.6) is 0 Å². The van der Waals surface area contributed by atoms with Gasteiger partial charge in [0.15, 0.2) is 0 Å². The number of thiophene rings is 1. The smallest absolute Gasteiger partial charge is 0.255 e. The van der Waals surface area contributed by atoms with Crippen molar-refractivity contribution in [1.29, 1.82) is 5.26 Å². The zero-order chi connectivity index (χ0) is 11.3. The van der Waals surface area contributed by atoms with E-state index < -0.39 is 0 Å². The first kappa shape index (κ1) is 12.5. The molecule has 0 aliphatic carbocycles. The molecule has 1 heterocycles. The summed E-state index contributed by atoms with van der Waals surface area (Å²) in [4.78, 5) is 13.5. The van der Waals surface area contributed by atoms with Crippen LogP contribution < -0.4 is 0 Å². The van der Waals surface area contributed by atoms with E-state index in [0.29, 0.717) is 12.1 Å². The topological polar surface area (TPSA) is 44.1 Å². The second-order valence-corrected chi connectivity index (χ2v) is 5.83. The van der Waals surface area contributed by atoms with Gasteiger partial charge in [-0.3, -0.25) is 4.79 Å². The minimum atomic E-state index is -0.0439. The molecule has 0 aliphatic rings. The first-order valence-electron chi connectivity index (χ1n) is 4.59. The van der Waals surface area contributed by atoms with E-state index in [4.69, 9.17) is 5.26 Å². The normalized spacial score (nSPS) is 9.67. The van der Waals surface area contributed by atoms with Crippen LogP contribution in [0.4, 0.5) is 0 Å². The fourth-order valence-electron chi connectivity index (χ4n) is 1.21. The van der Waals surface area contributed by atoms with Crippen LogP contribution in [-0.2, 0) is 0 Å². The number of carbonyl (C=O) groups is 1. The predicted octanol–water partition coefficient (Wildman–Crippen LogP) is 2.73. The average molecular weight is 334 g/mol. The molecule has 0 atom stereocenters. The molecule has 80 valence electrons. The third-order valence-corrected chi connectivity index (χ3v) is 3.65. The van der Waals surface area contributed by atoms with Gasteiger partial charge in [-0.05, 0) is 35.1 Å². The second kappa shape index (κ2) is 6.08. The summed E-state index contributed by atoms with van der Waals surface area (Å²) in [6, 6.07) is 3.87. The SMILES string of the molecule is CCCN(CC#N)C(=O)c1csc(I)c1. The minimum Gasteiger partial charge on any atom is -0.325 e. The molecule has 1 rings (SSSR count). The number of rotatable bonds is 4. The summed E-state index contributed by atoms with van der Waals surface area (Å²) in [7, 11) is 0. The number of carbonyl (C=O) groups excluding carboxylic acids is 1. The Kier molecular flexibility index (Phi) is 5.05. The molecule has 0 radical (unpaired) electrons. The molecule has 0 unspecified atom stereocenters. The van der Waals surface area contributed by atoms with Crippen molar-refractivity contribution in [3.8, 4) is 6.07 Å². The third-order valence-electron chi connectivity index (χ3n) is 1.86. The number of hydrogen-bond acceptors (Lipinski definition) is 3. The van der Waals surface area contributed by atoms with Crippen molar-refractivity contribution >= 4 is 39.8 Å². The van der Waals surface area contributed by atoms with Crippen molar-refractivity contribution in [2.45, 2.75) is 13.3 Å². The maximum Gasteiger partial charge on any atom is 0.255 e. The molecule has 0 aliphatic heterocycles. The Labute approximate surface area is 107 Å². The molecule has 1 aromatic rings. The Hall–Kier alpha value is -0.610. The van der Waals surface area contributed by atoms with Gasteiger partial charge in [0.25, 0.3) is 5.91 Å². The van der Waals surface area contributed by atoms with Crippen LogP contribution in [0.15, 0.2) is 11.4 Å². The fraction of sp³-hybridized carbons (Fsp3) is 0.400. The number of halogens is 1. The molecule has 15 heavy (non-hydrogen) atoms. The monoisotopic (exact) mass is 334 g/mol.